The summed E-state index contributed by atoms with van der Waals surface area (Å²) in [5.41, 5.74) is 2.16. The van der Waals surface area contributed by atoms with Crippen molar-refractivity contribution in [1.29, 1.82) is 0 Å². The number of fused-ring (bicyclic) bond motifs is 1. The Kier molecular flexibility index (Phi) is 8.45. The van der Waals surface area contributed by atoms with E-state index in [-0.39, 0.29) is 34.9 Å². The van der Waals surface area contributed by atoms with Gasteiger partial charge in [-0.3, -0.25) is 9.59 Å². The normalized spacial score (nSPS) is 16.1. The van der Waals surface area contributed by atoms with E-state index in [1.54, 1.807) is 36.4 Å². The molecule has 1 aliphatic rings. The lowest BCUT2D eigenvalue weighted by Gasteiger charge is -2.29. The fraction of sp³-hybridized carbons (Fsp3) is 0.200. The maximum atomic E-state index is 13.0. The first-order chi connectivity index (χ1) is 21.8. The van der Waals surface area contributed by atoms with Gasteiger partial charge in [0, 0.05) is 36.3 Å². The number of benzene rings is 3. The van der Waals surface area contributed by atoms with Crippen LogP contribution in [0, 0.1) is 0 Å². The lowest BCUT2D eigenvalue weighted by atomic mass is 9.93. The summed E-state index contributed by atoms with van der Waals surface area (Å²) < 4.78 is 14.0. The van der Waals surface area contributed by atoms with Gasteiger partial charge in [-0.2, -0.15) is 0 Å². The molecule has 0 saturated heterocycles. The quantitative estimate of drug-likeness (QED) is 0.177. The SMILES string of the molecule is Cn1c(C(=O)NC2CCC(Oc3ccc(Oc4ccc(C(=O)Nc5ccccc5C(=O)O)cn4)cc3)CC2)cc2ccccc21. The Morgan fingerprint density at radius 2 is 1.56 bits per heavy atom. The van der Waals surface area contributed by atoms with Crippen LogP contribution < -0.4 is 20.1 Å². The molecule has 3 aromatic carbocycles. The first-order valence-electron chi connectivity index (χ1n) is 14.7. The number of carbonyl (C=O) groups excluding carboxylic acids is 2. The van der Waals surface area contributed by atoms with E-state index in [1.807, 2.05) is 54.1 Å². The molecule has 2 aromatic heterocycles. The molecule has 0 atom stereocenters. The van der Waals surface area contributed by atoms with Gasteiger partial charge in [-0.15, -0.1) is 0 Å². The van der Waals surface area contributed by atoms with E-state index >= 15 is 0 Å². The third-order valence-electron chi connectivity index (χ3n) is 7.95. The second-order valence-corrected chi connectivity index (χ2v) is 11.0. The highest BCUT2D eigenvalue weighted by molar-refractivity contribution is 6.07. The zero-order valence-corrected chi connectivity index (χ0v) is 24.6. The van der Waals surface area contributed by atoms with Crippen molar-refractivity contribution in [3.63, 3.8) is 0 Å². The van der Waals surface area contributed by atoms with Crippen molar-refractivity contribution < 1.29 is 29.0 Å². The van der Waals surface area contributed by atoms with Gasteiger partial charge in [0.15, 0.2) is 0 Å². The minimum Gasteiger partial charge on any atom is -0.490 e. The Hall–Kier alpha value is -5.64. The van der Waals surface area contributed by atoms with Crippen LogP contribution in [0.4, 0.5) is 5.69 Å². The maximum absolute atomic E-state index is 13.0. The lowest BCUT2D eigenvalue weighted by Crippen LogP contribution is -2.40. The third kappa shape index (κ3) is 6.80. The first kappa shape index (κ1) is 29.4. The summed E-state index contributed by atoms with van der Waals surface area (Å²) in [6, 6.07) is 26.6. The fourth-order valence-electron chi connectivity index (χ4n) is 5.54. The number of amides is 2. The number of anilines is 1. The molecule has 2 heterocycles. The molecule has 0 unspecified atom stereocenters. The van der Waals surface area contributed by atoms with Gasteiger partial charge in [-0.1, -0.05) is 30.3 Å². The molecule has 1 saturated carbocycles. The van der Waals surface area contributed by atoms with E-state index < -0.39 is 11.9 Å². The van der Waals surface area contributed by atoms with E-state index in [0.717, 1.165) is 42.3 Å². The summed E-state index contributed by atoms with van der Waals surface area (Å²) in [7, 11) is 1.92. The van der Waals surface area contributed by atoms with E-state index in [9.17, 15) is 19.5 Å². The van der Waals surface area contributed by atoms with Crippen molar-refractivity contribution in [2.24, 2.45) is 7.05 Å². The summed E-state index contributed by atoms with van der Waals surface area (Å²) in [5.74, 6) is -0.0767. The van der Waals surface area contributed by atoms with E-state index in [1.165, 1.54) is 18.3 Å². The Labute approximate surface area is 259 Å². The number of ether oxygens (including phenoxy) is 2. The number of para-hydroxylation sites is 2. The summed E-state index contributed by atoms with van der Waals surface area (Å²) in [6.45, 7) is 0. The molecule has 5 aromatic rings. The predicted molar refractivity (Wildman–Crippen MR) is 169 cm³/mol. The van der Waals surface area contributed by atoms with Crippen LogP contribution in [0.15, 0.2) is 97.2 Å². The zero-order valence-electron chi connectivity index (χ0n) is 24.6. The highest BCUT2D eigenvalue weighted by atomic mass is 16.5. The van der Waals surface area contributed by atoms with Gasteiger partial charge in [0.05, 0.1) is 22.9 Å². The monoisotopic (exact) mass is 604 g/mol. The highest BCUT2D eigenvalue weighted by Crippen LogP contribution is 2.28. The number of hydrogen-bond acceptors (Lipinski definition) is 6. The van der Waals surface area contributed by atoms with E-state index in [4.69, 9.17) is 9.47 Å². The average Bonchev–Trinajstić information content (AvgIpc) is 3.40. The van der Waals surface area contributed by atoms with Crippen LogP contribution in [-0.4, -0.2) is 44.6 Å². The number of hydrogen-bond donors (Lipinski definition) is 3. The molecule has 10 heteroatoms. The topological polar surface area (TPSA) is 132 Å². The van der Waals surface area contributed by atoms with Gasteiger partial charge in [-0.05, 0) is 80.3 Å². The van der Waals surface area contributed by atoms with Gasteiger partial charge in [-0.25, -0.2) is 9.78 Å². The van der Waals surface area contributed by atoms with Gasteiger partial charge < -0.3 is 29.8 Å². The average molecular weight is 605 g/mol. The molecule has 0 bridgehead atoms. The minimum atomic E-state index is -1.13. The van der Waals surface area contributed by atoms with Crippen LogP contribution in [0.5, 0.6) is 17.4 Å². The molecular formula is C35H32N4O6. The molecule has 1 aliphatic carbocycles. The molecule has 3 N–H and O–H groups in total. The van der Waals surface area contributed by atoms with Gasteiger partial charge in [0.1, 0.15) is 17.2 Å². The summed E-state index contributed by atoms with van der Waals surface area (Å²) >= 11 is 0. The molecule has 0 spiro atoms. The molecule has 6 rings (SSSR count). The number of carboxylic acids is 1. The summed E-state index contributed by atoms with van der Waals surface area (Å²) in [4.78, 5) is 41.2. The molecule has 1 fully saturated rings. The molecule has 0 aliphatic heterocycles. The van der Waals surface area contributed by atoms with Gasteiger partial charge in [0.2, 0.25) is 5.88 Å². The standard InChI is InChI=1S/C35H32N4O6/c1-39-30-9-5-2-6-22(30)20-31(39)34(41)37-24-11-13-25(14-12-24)44-26-15-17-27(18-16-26)45-32-19-10-23(21-36-32)33(40)38-29-8-4-3-7-28(29)35(42)43/h2-10,15-21,24-25H,11-14H2,1H3,(H,37,41)(H,38,40)(H,42,43). The van der Waals surface area contributed by atoms with Crippen LogP contribution >= 0.6 is 0 Å². The molecule has 2 amide bonds. The first-order valence-corrected chi connectivity index (χ1v) is 14.7. The number of pyridine rings is 1. The van der Waals surface area contributed by atoms with E-state index in [0.29, 0.717) is 17.3 Å². The van der Waals surface area contributed by atoms with E-state index in [2.05, 4.69) is 15.6 Å². The maximum Gasteiger partial charge on any atom is 0.337 e. The summed E-state index contributed by atoms with van der Waals surface area (Å²) in [5, 5.41) is 16.2. The van der Waals surface area contributed by atoms with Crippen molar-refractivity contribution in [2.45, 2.75) is 37.8 Å². The van der Waals surface area contributed by atoms with Crippen LogP contribution in [0.25, 0.3) is 10.9 Å². The molecule has 45 heavy (non-hydrogen) atoms. The minimum absolute atomic E-state index is 0.0000991. The van der Waals surface area contributed by atoms with Crippen molar-refractivity contribution in [1.82, 2.24) is 14.9 Å². The number of nitrogens with one attached hydrogen (secondary N) is 2. The van der Waals surface area contributed by atoms with Crippen molar-refractivity contribution >= 4 is 34.4 Å². The molecule has 0 radical (unpaired) electrons. The predicted octanol–water partition coefficient (Wildman–Crippen LogP) is 6.44. The number of nitrogens with zero attached hydrogens (tertiary/aromatic N) is 2. The molecule has 10 nitrogen and oxygen atoms in total. The largest absolute Gasteiger partial charge is 0.490 e. The zero-order chi connectivity index (χ0) is 31.3. The number of rotatable bonds is 9. The Morgan fingerprint density at radius 3 is 2.27 bits per heavy atom. The highest BCUT2D eigenvalue weighted by Gasteiger charge is 2.25. The van der Waals surface area contributed by atoms with Crippen LogP contribution in [0.2, 0.25) is 0 Å². The Bertz CT molecular complexity index is 1840. The van der Waals surface area contributed by atoms with Gasteiger partial charge in [0.25, 0.3) is 11.8 Å². The smallest absolute Gasteiger partial charge is 0.337 e. The number of aryl methyl sites for hydroxylation is 1. The second kappa shape index (κ2) is 12.9. The van der Waals surface area contributed by atoms with Crippen molar-refractivity contribution in [3.8, 4) is 17.4 Å². The third-order valence-corrected chi connectivity index (χ3v) is 7.95. The lowest BCUT2D eigenvalue weighted by molar-refractivity contribution is 0.0697. The summed E-state index contributed by atoms with van der Waals surface area (Å²) in [6.07, 6.45) is 4.78. The van der Waals surface area contributed by atoms with Crippen LogP contribution in [-0.2, 0) is 7.05 Å². The molecule has 228 valence electrons. The number of aromatic nitrogens is 2. The van der Waals surface area contributed by atoms with Crippen molar-refractivity contribution in [3.05, 3.63) is 114 Å². The molecular weight excluding hydrogens is 572 g/mol. The fourth-order valence-corrected chi connectivity index (χ4v) is 5.54. The van der Waals surface area contributed by atoms with Crippen molar-refractivity contribution in [2.75, 3.05) is 5.32 Å². The Balaban J connectivity index is 0.970. The second-order valence-electron chi connectivity index (χ2n) is 11.0. The number of aromatic carboxylic acids is 1. The van der Waals surface area contributed by atoms with Gasteiger partial charge >= 0.3 is 5.97 Å². The number of carbonyl (C=O) groups is 3. The number of carboxylic acid groups (broad SMARTS) is 1. The van der Waals surface area contributed by atoms with Crippen LogP contribution in [0.1, 0.15) is 56.9 Å². The Morgan fingerprint density at radius 1 is 0.844 bits per heavy atom. The van der Waals surface area contributed by atoms with Crippen LogP contribution in [0.3, 0.4) is 0 Å².